The van der Waals surface area contributed by atoms with Crippen molar-refractivity contribution in [3.8, 4) is 0 Å². The Hall–Kier alpha value is -0.180. The summed E-state index contributed by atoms with van der Waals surface area (Å²) in [5.74, 6) is 0.0845. The first-order chi connectivity index (χ1) is 4.66. The van der Waals surface area contributed by atoms with Gasteiger partial charge < -0.3 is 0 Å². The van der Waals surface area contributed by atoms with E-state index >= 15 is 0 Å². The fraction of sp³-hybridized carbons (Fsp3) is 0.714. The zero-order chi connectivity index (χ0) is 7.72. The summed E-state index contributed by atoms with van der Waals surface area (Å²) < 4.78 is 0. The van der Waals surface area contributed by atoms with Crippen molar-refractivity contribution in [2.24, 2.45) is 5.92 Å². The molecule has 2 unspecified atom stereocenters. The Morgan fingerprint density at radius 2 is 2.20 bits per heavy atom. The molecule has 1 saturated carbocycles. The summed E-state index contributed by atoms with van der Waals surface area (Å²) in [6.45, 7) is 1.93. The predicted octanol–water partition coefficient (Wildman–Crippen LogP) is 1.32. The molecule has 10 heavy (non-hydrogen) atoms. The van der Waals surface area contributed by atoms with Gasteiger partial charge in [-0.25, -0.2) is 0 Å². The van der Waals surface area contributed by atoms with Gasteiger partial charge in [0.2, 0.25) is 0 Å². The van der Waals surface area contributed by atoms with Crippen LogP contribution in [0.1, 0.15) is 19.8 Å². The van der Waals surface area contributed by atoms with E-state index in [1.54, 1.807) is 0 Å². The van der Waals surface area contributed by atoms with E-state index in [9.17, 15) is 9.59 Å². The molecule has 0 amide bonds. The van der Waals surface area contributed by atoms with Crippen LogP contribution >= 0.6 is 15.9 Å². The number of Topliss-reactive ketones (excluding diaryl/α,β-unsaturated/α-hetero) is 2. The van der Waals surface area contributed by atoms with Gasteiger partial charge in [-0.15, -0.1) is 0 Å². The molecule has 0 heterocycles. The summed E-state index contributed by atoms with van der Waals surface area (Å²) in [7, 11) is 0. The van der Waals surface area contributed by atoms with Crippen LogP contribution in [0.3, 0.4) is 0 Å². The molecule has 0 aromatic heterocycles. The highest BCUT2D eigenvalue weighted by atomic mass is 79.9. The molecular weight excluding hydrogens is 196 g/mol. The van der Waals surface area contributed by atoms with Crippen molar-refractivity contribution in [3.63, 3.8) is 0 Å². The first kappa shape index (κ1) is 7.92. The average Bonchev–Trinajstić information content (AvgIpc) is 2.17. The molecule has 0 saturated heterocycles. The molecule has 0 radical (unpaired) electrons. The Labute approximate surface area is 68.1 Å². The topological polar surface area (TPSA) is 34.1 Å². The van der Waals surface area contributed by atoms with Crippen LogP contribution in [0, 0.1) is 5.92 Å². The van der Waals surface area contributed by atoms with Gasteiger partial charge in [-0.05, 0) is 6.42 Å². The lowest BCUT2D eigenvalue weighted by Gasteiger charge is -1.99. The van der Waals surface area contributed by atoms with Crippen LogP contribution < -0.4 is 0 Å². The number of halogens is 1. The maximum absolute atomic E-state index is 11.1. The Kier molecular flexibility index (Phi) is 2.24. The van der Waals surface area contributed by atoms with Crippen molar-refractivity contribution in [1.82, 2.24) is 0 Å². The van der Waals surface area contributed by atoms with E-state index in [0.29, 0.717) is 6.42 Å². The number of hydrogen-bond donors (Lipinski definition) is 0. The standard InChI is InChI=1S/C7H9BrO2/c1-2-4-3-5(9)6(8)7(4)10/h4,6H,2-3H2,1H3. The molecule has 0 aromatic carbocycles. The monoisotopic (exact) mass is 204 g/mol. The van der Waals surface area contributed by atoms with Crippen molar-refractivity contribution in [3.05, 3.63) is 0 Å². The average molecular weight is 205 g/mol. The molecule has 1 rings (SSSR count). The van der Waals surface area contributed by atoms with E-state index in [0.717, 1.165) is 6.42 Å². The van der Waals surface area contributed by atoms with Gasteiger partial charge in [0.15, 0.2) is 11.6 Å². The molecule has 1 aliphatic carbocycles. The van der Waals surface area contributed by atoms with Crippen molar-refractivity contribution < 1.29 is 9.59 Å². The quantitative estimate of drug-likeness (QED) is 0.477. The molecule has 0 aliphatic heterocycles. The van der Waals surface area contributed by atoms with Gasteiger partial charge in [0.25, 0.3) is 0 Å². The zero-order valence-electron chi connectivity index (χ0n) is 5.76. The van der Waals surface area contributed by atoms with E-state index in [-0.39, 0.29) is 17.5 Å². The zero-order valence-corrected chi connectivity index (χ0v) is 7.35. The highest BCUT2D eigenvalue weighted by Crippen LogP contribution is 2.26. The summed E-state index contributed by atoms with van der Waals surface area (Å²) in [4.78, 5) is 21.5. The van der Waals surface area contributed by atoms with Crippen LogP contribution in [0.2, 0.25) is 0 Å². The third-order valence-corrected chi connectivity index (χ3v) is 2.84. The number of hydrogen-bond acceptors (Lipinski definition) is 2. The maximum Gasteiger partial charge on any atom is 0.157 e. The van der Waals surface area contributed by atoms with Gasteiger partial charge in [-0.3, -0.25) is 9.59 Å². The lowest BCUT2D eigenvalue weighted by atomic mass is 10.1. The van der Waals surface area contributed by atoms with Gasteiger partial charge in [0, 0.05) is 12.3 Å². The number of alkyl halides is 1. The van der Waals surface area contributed by atoms with Crippen LogP contribution in [-0.4, -0.2) is 16.4 Å². The molecule has 2 atom stereocenters. The van der Waals surface area contributed by atoms with Crippen LogP contribution in [0.4, 0.5) is 0 Å². The number of ketones is 2. The highest BCUT2D eigenvalue weighted by Gasteiger charge is 2.37. The number of rotatable bonds is 1. The number of carbonyl (C=O) groups excluding carboxylic acids is 2. The molecule has 0 aromatic rings. The largest absolute Gasteiger partial charge is 0.298 e. The van der Waals surface area contributed by atoms with Gasteiger partial charge in [-0.2, -0.15) is 0 Å². The minimum atomic E-state index is -0.502. The van der Waals surface area contributed by atoms with E-state index in [4.69, 9.17) is 0 Å². The van der Waals surface area contributed by atoms with Gasteiger partial charge in [0.1, 0.15) is 4.83 Å². The molecule has 56 valence electrons. The van der Waals surface area contributed by atoms with E-state index < -0.39 is 4.83 Å². The van der Waals surface area contributed by atoms with Crippen LogP contribution in [-0.2, 0) is 9.59 Å². The van der Waals surface area contributed by atoms with Gasteiger partial charge >= 0.3 is 0 Å². The summed E-state index contributed by atoms with van der Waals surface area (Å²) in [5.41, 5.74) is 0. The first-order valence-corrected chi connectivity index (χ1v) is 4.29. The van der Waals surface area contributed by atoms with Crippen molar-refractivity contribution >= 4 is 27.5 Å². The normalized spacial score (nSPS) is 33.4. The predicted molar refractivity (Wildman–Crippen MR) is 41.1 cm³/mol. The highest BCUT2D eigenvalue weighted by molar-refractivity contribution is 9.10. The second kappa shape index (κ2) is 2.82. The summed E-state index contributed by atoms with van der Waals surface area (Å²) >= 11 is 3.05. The van der Waals surface area contributed by atoms with Crippen LogP contribution in [0.25, 0.3) is 0 Å². The third-order valence-electron chi connectivity index (χ3n) is 1.88. The second-order valence-electron chi connectivity index (χ2n) is 2.54. The van der Waals surface area contributed by atoms with Crippen molar-refractivity contribution in [2.75, 3.05) is 0 Å². The Morgan fingerprint density at radius 3 is 2.40 bits per heavy atom. The van der Waals surface area contributed by atoms with Gasteiger partial charge in [0.05, 0.1) is 0 Å². The summed E-state index contributed by atoms with van der Waals surface area (Å²) in [6, 6.07) is 0. The fourth-order valence-electron chi connectivity index (χ4n) is 1.16. The minimum absolute atomic E-state index is 0.0168. The SMILES string of the molecule is CCC1CC(=O)C(Br)C1=O. The lowest BCUT2D eigenvalue weighted by Crippen LogP contribution is -2.15. The molecule has 1 fully saturated rings. The Balaban J connectivity index is 2.71. The summed E-state index contributed by atoms with van der Waals surface area (Å²) in [6.07, 6.45) is 1.22. The van der Waals surface area contributed by atoms with E-state index in [1.807, 2.05) is 6.92 Å². The van der Waals surface area contributed by atoms with E-state index in [1.165, 1.54) is 0 Å². The number of carbonyl (C=O) groups is 2. The van der Waals surface area contributed by atoms with Crippen molar-refractivity contribution in [1.29, 1.82) is 0 Å². The molecule has 0 N–H and O–H groups in total. The van der Waals surface area contributed by atoms with Crippen molar-refractivity contribution in [2.45, 2.75) is 24.6 Å². The Bertz CT molecular complexity index is 176. The second-order valence-corrected chi connectivity index (χ2v) is 3.46. The van der Waals surface area contributed by atoms with Gasteiger partial charge in [-0.1, -0.05) is 22.9 Å². The van der Waals surface area contributed by atoms with Crippen LogP contribution in [0.5, 0.6) is 0 Å². The molecule has 3 heteroatoms. The molecule has 0 bridgehead atoms. The molecule has 2 nitrogen and oxygen atoms in total. The lowest BCUT2D eigenvalue weighted by molar-refractivity contribution is -0.121. The summed E-state index contributed by atoms with van der Waals surface area (Å²) in [5, 5.41) is 0. The molecule has 0 spiro atoms. The molecule has 1 aliphatic rings. The van der Waals surface area contributed by atoms with E-state index in [2.05, 4.69) is 15.9 Å². The fourth-order valence-corrected chi connectivity index (χ4v) is 1.72. The smallest absolute Gasteiger partial charge is 0.157 e. The molecular formula is C7H9BrO2. The van der Waals surface area contributed by atoms with Crippen LogP contribution in [0.15, 0.2) is 0 Å². The maximum atomic E-state index is 11.1. The first-order valence-electron chi connectivity index (χ1n) is 3.37. The third kappa shape index (κ3) is 1.15. The minimum Gasteiger partial charge on any atom is -0.298 e. The Morgan fingerprint density at radius 1 is 1.60 bits per heavy atom.